The van der Waals surface area contributed by atoms with E-state index in [1.165, 1.54) is 23.2 Å². The van der Waals surface area contributed by atoms with Crippen LogP contribution in [0.3, 0.4) is 0 Å². The monoisotopic (exact) mass is 239 g/mol. The number of aryl methyl sites for hydroxylation is 2. The molecule has 92 valence electrons. The van der Waals surface area contributed by atoms with E-state index in [2.05, 4.69) is 17.1 Å². The average Bonchev–Trinajstić information content (AvgIpc) is 2.41. The zero-order chi connectivity index (χ0) is 12.5. The van der Waals surface area contributed by atoms with Gasteiger partial charge in [0.15, 0.2) is 0 Å². The van der Waals surface area contributed by atoms with E-state index in [0.29, 0.717) is 11.7 Å². The number of aromatic nitrogens is 1. The van der Waals surface area contributed by atoms with Crippen LogP contribution in [0.15, 0.2) is 36.5 Å². The SMILES string of the molecule is Cc1cc(C2CCCc3cccnc32)ccc1O. The molecule has 1 aromatic carbocycles. The van der Waals surface area contributed by atoms with E-state index in [-0.39, 0.29) is 0 Å². The maximum atomic E-state index is 9.62. The van der Waals surface area contributed by atoms with Crippen LogP contribution >= 0.6 is 0 Å². The molecule has 0 fully saturated rings. The van der Waals surface area contributed by atoms with Gasteiger partial charge in [-0.05, 0) is 55.0 Å². The van der Waals surface area contributed by atoms with Crippen LogP contribution in [0.4, 0.5) is 0 Å². The number of hydrogen-bond donors (Lipinski definition) is 1. The smallest absolute Gasteiger partial charge is 0.118 e. The fourth-order valence-corrected chi connectivity index (χ4v) is 2.83. The Hall–Kier alpha value is -1.83. The van der Waals surface area contributed by atoms with Crippen LogP contribution in [0.2, 0.25) is 0 Å². The van der Waals surface area contributed by atoms with Crippen LogP contribution in [-0.2, 0) is 6.42 Å². The van der Waals surface area contributed by atoms with Crippen LogP contribution in [0.25, 0.3) is 0 Å². The molecule has 1 aromatic heterocycles. The molecule has 3 rings (SSSR count). The van der Waals surface area contributed by atoms with Crippen molar-refractivity contribution < 1.29 is 5.11 Å². The third kappa shape index (κ3) is 1.88. The zero-order valence-electron chi connectivity index (χ0n) is 10.6. The van der Waals surface area contributed by atoms with Gasteiger partial charge in [0.25, 0.3) is 0 Å². The quantitative estimate of drug-likeness (QED) is 0.825. The van der Waals surface area contributed by atoms with Crippen molar-refractivity contribution >= 4 is 0 Å². The average molecular weight is 239 g/mol. The molecule has 2 aromatic rings. The summed E-state index contributed by atoms with van der Waals surface area (Å²) in [6, 6.07) is 10.1. The molecule has 2 nitrogen and oxygen atoms in total. The standard InChI is InChI=1S/C16H17NO/c1-11-10-13(7-8-15(11)18)14-6-2-4-12-5-3-9-17-16(12)14/h3,5,7-10,14,18H,2,4,6H2,1H3. The van der Waals surface area contributed by atoms with Crippen molar-refractivity contribution in [2.24, 2.45) is 0 Å². The molecular formula is C16H17NO. The molecule has 0 radical (unpaired) electrons. The van der Waals surface area contributed by atoms with Gasteiger partial charge in [0.1, 0.15) is 5.75 Å². The molecule has 0 amide bonds. The van der Waals surface area contributed by atoms with E-state index < -0.39 is 0 Å². The minimum absolute atomic E-state index is 0.371. The Kier molecular flexibility index (Phi) is 2.78. The van der Waals surface area contributed by atoms with Crippen molar-refractivity contribution in [2.45, 2.75) is 32.1 Å². The van der Waals surface area contributed by atoms with Crippen molar-refractivity contribution in [1.82, 2.24) is 4.98 Å². The summed E-state index contributed by atoms with van der Waals surface area (Å²) in [6.45, 7) is 1.95. The topological polar surface area (TPSA) is 33.1 Å². The zero-order valence-corrected chi connectivity index (χ0v) is 10.6. The van der Waals surface area contributed by atoms with Crippen LogP contribution in [0.1, 0.15) is 41.1 Å². The highest BCUT2D eigenvalue weighted by molar-refractivity contribution is 5.41. The highest BCUT2D eigenvalue weighted by Crippen LogP contribution is 2.36. The Balaban J connectivity index is 2.05. The molecule has 1 atom stereocenters. The van der Waals surface area contributed by atoms with Crippen molar-refractivity contribution in [1.29, 1.82) is 0 Å². The van der Waals surface area contributed by atoms with E-state index in [1.807, 2.05) is 25.3 Å². The summed E-state index contributed by atoms with van der Waals surface area (Å²) >= 11 is 0. The Morgan fingerprint density at radius 1 is 1.28 bits per heavy atom. The normalized spacial score (nSPS) is 18.4. The third-order valence-electron chi connectivity index (χ3n) is 3.82. The molecule has 0 saturated heterocycles. The molecule has 0 saturated carbocycles. The van der Waals surface area contributed by atoms with E-state index in [9.17, 15) is 5.11 Å². The van der Waals surface area contributed by atoms with Crippen LogP contribution in [0, 0.1) is 6.92 Å². The summed E-state index contributed by atoms with van der Waals surface area (Å²) in [6.07, 6.45) is 5.37. The summed E-state index contributed by atoms with van der Waals surface area (Å²) in [7, 11) is 0. The second-order valence-electron chi connectivity index (χ2n) is 5.04. The lowest BCUT2D eigenvalue weighted by atomic mass is 9.82. The van der Waals surface area contributed by atoms with E-state index in [0.717, 1.165) is 18.4 Å². The van der Waals surface area contributed by atoms with Crippen molar-refractivity contribution in [3.63, 3.8) is 0 Å². The molecule has 2 heteroatoms. The fourth-order valence-electron chi connectivity index (χ4n) is 2.83. The third-order valence-corrected chi connectivity index (χ3v) is 3.82. The summed E-state index contributed by atoms with van der Waals surface area (Å²) < 4.78 is 0. The van der Waals surface area contributed by atoms with Gasteiger partial charge in [-0.2, -0.15) is 0 Å². The minimum atomic E-state index is 0.371. The first kappa shape index (κ1) is 11.3. The number of phenolic OH excluding ortho intramolecular Hbond substituents is 1. The molecule has 0 spiro atoms. The number of aromatic hydroxyl groups is 1. The molecular weight excluding hydrogens is 222 g/mol. The van der Waals surface area contributed by atoms with Gasteiger partial charge in [-0.15, -0.1) is 0 Å². The lowest BCUT2D eigenvalue weighted by Crippen LogP contribution is -2.12. The first-order chi connectivity index (χ1) is 8.75. The molecule has 1 aliphatic carbocycles. The van der Waals surface area contributed by atoms with Crippen molar-refractivity contribution in [3.8, 4) is 5.75 Å². The maximum Gasteiger partial charge on any atom is 0.118 e. The Morgan fingerprint density at radius 3 is 3.00 bits per heavy atom. The molecule has 0 bridgehead atoms. The molecule has 1 aliphatic rings. The lowest BCUT2D eigenvalue weighted by molar-refractivity contribution is 0.470. The van der Waals surface area contributed by atoms with Crippen LogP contribution in [-0.4, -0.2) is 10.1 Å². The summed E-state index contributed by atoms with van der Waals surface area (Å²) in [5, 5.41) is 9.62. The van der Waals surface area contributed by atoms with Gasteiger partial charge in [-0.25, -0.2) is 0 Å². The van der Waals surface area contributed by atoms with Gasteiger partial charge in [0.2, 0.25) is 0 Å². The van der Waals surface area contributed by atoms with Gasteiger partial charge in [-0.1, -0.05) is 18.2 Å². The number of phenols is 1. The summed E-state index contributed by atoms with van der Waals surface area (Å²) in [5.41, 5.74) is 4.80. The van der Waals surface area contributed by atoms with E-state index >= 15 is 0 Å². The van der Waals surface area contributed by atoms with Gasteiger partial charge >= 0.3 is 0 Å². The molecule has 1 heterocycles. The predicted molar refractivity (Wildman–Crippen MR) is 71.9 cm³/mol. The molecule has 1 unspecified atom stereocenters. The van der Waals surface area contributed by atoms with Crippen LogP contribution < -0.4 is 0 Å². The maximum absolute atomic E-state index is 9.62. The van der Waals surface area contributed by atoms with E-state index in [1.54, 1.807) is 6.07 Å². The van der Waals surface area contributed by atoms with Gasteiger partial charge < -0.3 is 5.11 Å². The molecule has 0 aliphatic heterocycles. The number of pyridine rings is 1. The Morgan fingerprint density at radius 2 is 2.17 bits per heavy atom. The second-order valence-corrected chi connectivity index (χ2v) is 5.04. The van der Waals surface area contributed by atoms with Crippen molar-refractivity contribution in [3.05, 3.63) is 58.9 Å². The predicted octanol–water partition coefficient (Wildman–Crippen LogP) is 3.56. The number of hydrogen-bond acceptors (Lipinski definition) is 2. The summed E-state index contributed by atoms with van der Waals surface area (Å²) in [4.78, 5) is 4.57. The first-order valence-electron chi connectivity index (χ1n) is 6.49. The Bertz CT molecular complexity index is 577. The minimum Gasteiger partial charge on any atom is -0.508 e. The molecule has 18 heavy (non-hydrogen) atoms. The first-order valence-corrected chi connectivity index (χ1v) is 6.49. The molecule has 1 N–H and O–H groups in total. The largest absolute Gasteiger partial charge is 0.508 e. The summed E-state index contributed by atoms with van der Waals surface area (Å²) in [5.74, 6) is 0.755. The van der Waals surface area contributed by atoms with E-state index in [4.69, 9.17) is 0 Å². The highest BCUT2D eigenvalue weighted by Gasteiger charge is 2.23. The number of benzene rings is 1. The fraction of sp³-hybridized carbons (Fsp3) is 0.312. The number of fused-ring (bicyclic) bond motifs is 1. The van der Waals surface area contributed by atoms with Crippen LogP contribution in [0.5, 0.6) is 5.75 Å². The van der Waals surface area contributed by atoms with Gasteiger partial charge in [0, 0.05) is 12.1 Å². The number of rotatable bonds is 1. The lowest BCUT2D eigenvalue weighted by Gasteiger charge is -2.25. The van der Waals surface area contributed by atoms with Crippen molar-refractivity contribution in [2.75, 3.05) is 0 Å². The second kappa shape index (κ2) is 4.45. The Labute approximate surface area is 107 Å². The van der Waals surface area contributed by atoms with Gasteiger partial charge in [0.05, 0.1) is 5.69 Å². The van der Waals surface area contributed by atoms with Gasteiger partial charge in [-0.3, -0.25) is 4.98 Å². The number of nitrogens with zero attached hydrogens (tertiary/aromatic N) is 1. The highest BCUT2D eigenvalue weighted by atomic mass is 16.3.